The summed E-state index contributed by atoms with van der Waals surface area (Å²) in [5.74, 6) is 0. The number of carbonyl (C=O) groups is 1. The number of anilines is 1. The quantitative estimate of drug-likeness (QED) is 0.858. The Balaban J connectivity index is 1.36. The van der Waals surface area contributed by atoms with Crippen LogP contribution >= 0.6 is 0 Å². The summed E-state index contributed by atoms with van der Waals surface area (Å²) in [4.78, 5) is 14.5. The fourth-order valence-electron chi connectivity index (χ4n) is 3.46. The maximum atomic E-state index is 12.0. The molecular weight excluding hydrogens is 318 g/mol. The molecule has 2 saturated heterocycles. The zero-order valence-electron chi connectivity index (χ0n) is 15.0. The third kappa shape index (κ3) is 5.70. The molecule has 2 aliphatic rings. The molecule has 6 nitrogen and oxygen atoms in total. The van der Waals surface area contributed by atoms with Crippen LogP contribution in [0.5, 0.6) is 0 Å². The van der Waals surface area contributed by atoms with E-state index in [0.717, 1.165) is 57.9 Å². The van der Waals surface area contributed by atoms with Gasteiger partial charge < -0.3 is 20.1 Å². The fourth-order valence-corrected chi connectivity index (χ4v) is 3.46. The van der Waals surface area contributed by atoms with Crippen LogP contribution in [0.15, 0.2) is 24.3 Å². The van der Waals surface area contributed by atoms with Crippen molar-refractivity contribution < 1.29 is 14.3 Å². The third-order valence-corrected chi connectivity index (χ3v) is 4.94. The minimum atomic E-state index is -0.166. The van der Waals surface area contributed by atoms with Gasteiger partial charge in [-0.1, -0.05) is 17.7 Å². The van der Waals surface area contributed by atoms with E-state index in [-0.39, 0.29) is 12.1 Å². The largest absolute Gasteiger partial charge is 0.381 e. The minimum absolute atomic E-state index is 0.166. The summed E-state index contributed by atoms with van der Waals surface area (Å²) in [5, 5.41) is 5.77. The molecule has 2 fully saturated rings. The van der Waals surface area contributed by atoms with E-state index in [0.29, 0.717) is 12.6 Å². The molecular formula is C19H29N3O3. The van der Waals surface area contributed by atoms with Gasteiger partial charge in [0.25, 0.3) is 0 Å². The van der Waals surface area contributed by atoms with Gasteiger partial charge in [0.2, 0.25) is 0 Å². The average molecular weight is 347 g/mol. The van der Waals surface area contributed by atoms with Crippen LogP contribution in [0.3, 0.4) is 0 Å². The van der Waals surface area contributed by atoms with Gasteiger partial charge in [-0.2, -0.15) is 0 Å². The Hall–Kier alpha value is -1.63. The normalized spacial score (nSPS) is 22.5. The number of hydrogen-bond acceptors (Lipinski definition) is 4. The van der Waals surface area contributed by atoms with Crippen LogP contribution in [0.2, 0.25) is 0 Å². The molecule has 2 heterocycles. The molecule has 1 aromatic rings. The lowest BCUT2D eigenvalue weighted by Crippen LogP contribution is -2.50. The number of aryl methyl sites for hydroxylation is 1. The van der Waals surface area contributed by atoms with Crippen LogP contribution in [0, 0.1) is 6.92 Å². The lowest BCUT2D eigenvalue weighted by atomic mass is 10.1. The molecule has 0 aromatic heterocycles. The number of urea groups is 1. The van der Waals surface area contributed by atoms with Crippen molar-refractivity contribution in [2.75, 3.05) is 44.8 Å². The number of amides is 2. The summed E-state index contributed by atoms with van der Waals surface area (Å²) in [7, 11) is 0. The van der Waals surface area contributed by atoms with Crippen molar-refractivity contribution in [3.63, 3.8) is 0 Å². The number of rotatable bonds is 5. The molecule has 3 rings (SSSR count). The Morgan fingerprint density at radius 3 is 2.72 bits per heavy atom. The monoisotopic (exact) mass is 347 g/mol. The number of nitrogens with zero attached hydrogens (tertiary/aromatic N) is 1. The number of benzene rings is 1. The van der Waals surface area contributed by atoms with Gasteiger partial charge in [-0.15, -0.1) is 0 Å². The SMILES string of the molecule is Cc1ccc(NC(=O)NCCC2CN(C3CCOCC3)CCO2)cc1. The lowest BCUT2D eigenvalue weighted by molar-refractivity contribution is -0.0635. The summed E-state index contributed by atoms with van der Waals surface area (Å²) >= 11 is 0. The Kier molecular flexibility index (Phi) is 6.67. The van der Waals surface area contributed by atoms with E-state index < -0.39 is 0 Å². The molecule has 0 bridgehead atoms. The predicted molar refractivity (Wildman–Crippen MR) is 98.0 cm³/mol. The highest BCUT2D eigenvalue weighted by Gasteiger charge is 2.27. The molecule has 0 radical (unpaired) electrons. The maximum Gasteiger partial charge on any atom is 0.319 e. The van der Waals surface area contributed by atoms with Crippen LogP contribution in [0.1, 0.15) is 24.8 Å². The van der Waals surface area contributed by atoms with Gasteiger partial charge in [0, 0.05) is 44.6 Å². The molecule has 0 aliphatic carbocycles. The van der Waals surface area contributed by atoms with Crippen LogP contribution in [-0.2, 0) is 9.47 Å². The van der Waals surface area contributed by atoms with Gasteiger partial charge in [0.15, 0.2) is 0 Å². The first-order chi connectivity index (χ1) is 12.2. The average Bonchev–Trinajstić information content (AvgIpc) is 2.65. The van der Waals surface area contributed by atoms with Crippen molar-refractivity contribution in [3.05, 3.63) is 29.8 Å². The third-order valence-electron chi connectivity index (χ3n) is 4.94. The first kappa shape index (κ1) is 18.2. The lowest BCUT2D eigenvalue weighted by Gasteiger charge is -2.39. The van der Waals surface area contributed by atoms with Crippen molar-refractivity contribution in [1.29, 1.82) is 0 Å². The van der Waals surface area contributed by atoms with Crippen molar-refractivity contribution in [1.82, 2.24) is 10.2 Å². The smallest absolute Gasteiger partial charge is 0.319 e. The Morgan fingerprint density at radius 2 is 1.96 bits per heavy atom. The Bertz CT molecular complexity index is 543. The number of nitrogens with one attached hydrogen (secondary N) is 2. The second kappa shape index (κ2) is 9.17. The van der Waals surface area contributed by atoms with Crippen molar-refractivity contribution >= 4 is 11.7 Å². The molecule has 2 aliphatic heterocycles. The van der Waals surface area contributed by atoms with Gasteiger partial charge in [0.1, 0.15) is 0 Å². The van der Waals surface area contributed by atoms with E-state index in [1.54, 1.807) is 0 Å². The Labute approximate surface area is 149 Å². The summed E-state index contributed by atoms with van der Waals surface area (Å²) < 4.78 is 11.3. The summed E-state index contributed by atoms with van der Waals surface area (Å²) in [6.07, 6.45) is 3.26. The molecule has 1 unspecified atom stereocenters. The summed E-state index contributed by atoms with van der Waals surface area (Å²) in [6, 6.07) is 8.24. The number of ether oxygens (including phenoxy) is 2. The van der Waals surface area contributed by atoms with Crippen LogP contribution < -0.4 is 10.6 Å². The molecule has 25 heavy (non-hydrogen) atoms. The maximum absolute atomic E-state index is 12.0. The fraction of sp³-hybridized carbons (Fsp3) is 0.632. The van der Waals surface area contributed by atoms with Crippen molar-refractivity contribution in [2.24, 2.45) is 0 Å². The van der Waals surface area contributed by atoms with Crippen molar-refractivity contribution in [3.8, 4) is 0 Å². The number of morpholine rings is 1. The standard InChI is InChI=1S/C19H29N3O3/c1-15-2-4-16(5-3-15)21-19(23)20-9-6-18-14-22(10-13-25-18)17-7-11-24-12-8-17/h2-5,17-18H,6-14H2,1H3,(H2,20,21,23). The van der Waals surface area contributed by atoms with E-state index in [1.807, 2.05) is 31.2 Å². The van der Waals surface area contributed by atoms with E-state index >= 15 is 0 Å². The van der Waals surface area contributed by atoms with E-state index in [4.69, 9.17) is 9.47 Å². The summed E-state index contributed by atoms with van der Waals surface area (Å²) in [6.45, 7) is 7.11. The van der Waals surface area contributed by atoms with E-state index in [2.05, 4.69) is 15.5 Å². The molecule has 138 valence electrons. The second-order valence-corrected chi connectivity index (χ2v) is 6.87. The topological polar surface area (TPSA) is 62.8 Å². The predicted octanol–water partition coefficient (Wildman–Crippen LogP) is 2.39. The van der Waals surface area contributed by atoms with Gasteiger partial charge in [-0.3, -0.25) is 4.90 Å². The van der Waals surface area contributed by atoms with Gasteiger partial charge in [0.05, 0.1) is 12.7 Å². The van der Waals surface area contributed by atoms with Gasteiger partial charge in [-0.05, 0) is 38.3 Å². The van der Waals surface area contributed by atoms with Crippen LogP contribution in [0.4, 0.5) is 10.5 Å². The minimum Gasteiger partial charge on any atom is -0.381 e. The zero-order valence-corrected chi connectivity index (χ0v) is 15.0. The highest BCUT2D eigenvalue weighted by Crippen LogP contribution is 2.18. The number of hydrogen-bond donors (Lipinski definition) is 2. The molecule has 0 spiro atoms. The highest BCUT2D eigenvalue weighted by atomic mass is 16.5. The molecule has 2 amide bonds. The van der Waals surface area contributed by atoms with E-state index in [9.17, 15) is 4.79 Å². The molecule has 0 saturated carbocycles. The molecule has 1 aromatic carbocycles. The summed E-state index contributed by atoms with van der Waals surface area (Å²) in [5.41, 5.74) is 1.98. The first-order valence-electron chi connectivity index (χ1n) is 9.25. The van der Waals surface area contributed by atoms with E-state index in [1.165, 1.54) is 5.56 Å². The second-order valence-electron chi connectivity index (χ2n) is 6.87. The zero-order chi connectivity index (χ0) is 17.5. The molecule has 6 heteroatoms. The van der Waals surface area contributed by atoms with Crippen molar-refractivity contribution in [2.45, 2.75) is 38.3 Å². The first-order valence-corrected chi connectivity index (χ1v) is 9.25. The Morgan fingerprint density at radius 1 is 1.20 bits per heavy atom. The van der Waals surface area contributed by atoms with Gasteiger partial charge >= 0.3 is 6.03 Å². The van der Waals surface area contributed by atoms with Crippen LogP contribution in [0.25, 0.3) is 0 Å². The molecule has 1 atom stereocenters. The van der Waals surface area contributed by atoms with Gasteiger partial charge in [-0.25, -0.2) is 4.79 Å². The highest BCUT2D eigenvalue weighted by molar-refractivity contribution is 5.89. The molecule has 2 N–H and O–H groups in total. The number of carbonyl (C=O) groups excluding carboxylic acids is 1. The van der Waals surface area contributed by atoms with Crippen LogP contribution in [-0.4, -0.2) is 62.5 Å².